The van der Waals surface area contributed by atoms with E-state index in [1.54, 1.807) is 53.4 Å². The minimum atomic E-state index is -0.541. The summed E-state index contributed by atoms with van der Waals surface area (Å²) in [6.07, 6.45) is 1.65. The maximum atomic E-state index is 13.0. The number of hydrogen-bond acceptors (Lipinski definition) is 3. The highest BCUT2D eigenvalue weighted by Crippen LogP contribution is 2.35. The van der Waals surface area contributed by atoms with Gasteiger partial charge in [0.2, 0.25) is 5.91 Å². The predicted octanol–water partition coefficient (Wildman–Crippen LogP) is 4.17. The van der Waals surface area contributed by atoms with Gasteiger partial charge in [-0.15, -0.1) is 0 Å². The number of piperidine rings is 1. The Labute approximate surface area is 174 Å². The van der Waals surface area contributed by atoms with Crippen LogP contribution in [0.2, 0.25) is 10.0 Å². The zero-order valence-electron chi connectivity index (χ0n) is 15.4. The van der Waals surface area contributed by atoms with Crippen molar-refractivity contribution in [2.75, 3.05) is 19.7 Å². The first kappa shape index (κ1) is 20.5. The highest BCUT2D eigenvalue weighted by molar-refractivity contribution is 6.33. The first-order chi connectivity index (χ1) is 13.4. The smallest absolute Gasteiger partial charge is 0.255 e. The second kappa shape index (κ2) is 8.84. The van der Waals surface area contributed by atoms with Crippen molar-refractivity contribution in [3.63, 3.8) is 0 Å². The number of carbonyl (C=O) groups is 2. The second-order valence-electron chi connectivity index (χ2n) is 7.20. The molecular formula is C21H22Cl2N2O3. The number of benzene rings is 2. The number of nitrogens with two attached hydrogens (primary N) is 1. The third-order valence-corrected chi connectivity index (χ3v) is 5.54. The Morgan fingerprint density at radius 3 is 2.50 bits per heavy atom. The van der Waals surface area contributed by atoms with Crippen LogP contribution in [-0.4, -0.2) is 36.4 Å². The number of likely N-dealkylation sites (tertiary alicyclic amines) is 1. The molecule has 1 fully saturated rings. The molecule has 7 heteroatoms. The lowest BCUT2D eigenvalue weighted by Gasteiger charge is -2.42. The average molecular weight is 421 g/mol. The van der Waals surface area contributed by atoms with E-state index >= 15 is 0 Å². The van der Waals surface area contributed by atoms with E-state index in [0.717, 1.165) is 12.8 Å². The first-order valence-electron chi connectivity index (χ1n) is 9.09. The van der Waals surface area contributed by atoms with Crippen molar-refractivity contribution in [3.05, 3.63) is 64.1 Å². The van der Waals surface area contributed by atoms with Crippen LogP contribution >= 0.6 is 23.2 Å². The van der Waals surface area contributed by atoms with Crippen LogP contribution in [0.1, 0.15) is 29.6 Å². The van der Waals surface area contributed by atoms with Gasteiger partial charge in [0.25, 0.3) is 5.91 Å². The molecule has 1 aliphatic rings. The molecule has 28 heavy (non-hydrogen) atoms. The maximum Gasteiger partial charge on any atom is 0.255 e. The molecule has 148 valence electrons. The summed E-state index contributed by atoms with van der Waals surface area (Å²) in [6.45, 7) is 1.27. The molecule has 2 N–H and O–H groups in total. The molecule has 5 nitrogen and oxygen atoms in total. The van der Waals surface area contributed by atoms with Gasteiger partial charge in [0.15, 0.2) is 0 Å². The van der Waals surface area contributed by atoms with Gasteiger partial charge in [0.05, 0.1) is 17.2 Å². The summed E-state index contributed by atoms with van der Waals surface area (Å²) < 4.78 is 5.93. The molecule has 0 unspecified atom stereocenters. The van der Waals surface area contributed by atoms with Crippen LogP contribution in [0.4, 0.5) is 0 Å². The second-order valence-corrected chi connectivity index (χ2v) is 8.04. The van der Waals surface area contributed by atoms with Gasteiger partial charge in [0, 0.05) is 29.9 Å². The van der Waals surface area contributed by atoms with Crippen molar-refractivity contribution in [1.29, 1.82) is 0 Å². The molecule has 0 saturated carbocycles. The molecule has 0 aromatic heterocycles. The van der Waals surface area contributed by atoms with Crippen molar-refractivity contribution < 1.29 is 14.3 Å². The standard InChI is InChI=1S/C21H22Cl2N2O3/c22-15-6-8-16(9-7-15)28-14-21(12-19(24)26)10-3-11-25(13-21)20(27)17-4-1-2-5-18(17)23/h1-2,4-9H,3,10-14H2,(H2,24,26)/t21-/m1/s1. The fraction of sp³-hybridized carbons (Fsp3) is 0.333. The fourth-order valence-corrected chi connectivity index (χ4v) is 3.98. The Kier molecular flexibility index (Phi) is 6.47. The van der Waals surface area contributed by atoms with Gasteiger partial charge >= 0.3 is 0 Å². The molecule has 0 radical (unpaired) electrons. The summed E-state index contributed by atoms with van der Waals surface area (Å²) in [5.74, 6) is 0.0974. The monoisotopic (exact) mass is 420 g/mol. The van der Waals surface area contributed by atoms with E-state index < -0.39 is 11.3 Å². The summed E-state index contributed by atoms with van der Waals surface area (Å²) in [5.41, 5.74) is 5.43. The molecule has 0 bridgehead atoms. The molecule has 2 aromatic carbocycles. The third kappa shape index (κ3) is 4.97. The van der Waals surface area contributed by atoms with E-state index in [1.165, 1.54) is 0 Å². The topological polar surface area (TPSA) is 72.6 Å². The van der Waals surface area contributed by atoms with Crippen LogP contribution in [0, 0.1) is 5.41 Å². The number of ether oxygens (including phenoxy) is 1. The van der Waals surface area contributed by atoms with E-state index in [-0.39, 0.29) is 18.9 Å². The SMILES string of the molecule is NC(=O)C[C@]1(COc2ccc(Cl)cc2)CCCN(C(=O)c2ccccc2Cl)C1. The molecule has 0 spiro atoms. The van der Waals surface area contributed by atoms with Crippen molar-refractivity contribution in [1.82, 2.24) is 4.90 Å². The molecule has 0 aliphatic carbocycles. The quantitative estimate of drug-likeness (QED) is 0.761. The summed E-state index contributed by atoms with van der Waals surface area (Å²) >= 11 is 12.1. The lowest BCUT2D eigenvalue weighted by Crippen LogP contribution is -2.50. The van der Waals surface area contributed by atoms with Gasteiger partial charge in [-0.05, 0) is 49.2 Å². The van der Waals surface area contributed by atoms with Crippen molar-refractivity contribution in [3.8, 4) is 5.75 Å². The summed E-state index contributed by atoms with van der Waals surface area (Å²) in [5, 5.41) is 1.03. The zero-order valence-corrected chi connectivity index (χ0v) is 16.9. The molecular weight excluding hydrogens is 399 g/mol. The largest absolute Gasteiger partial charge is 0.493 e. The van der Waals surface area contributed by atoms with E-state index in [9.17, 15) is 9.59 Å². The third-order valence-electron chi connectivity index (χ3n) is 4.96. The van der Waals surface area contributed by atoms with Crippen molar-refractivity contribution in [2.45, 2.75) is 19.3 Å². The molecule has 1 atom stereocenters. The maximum absolute atomic E-state index is 13.0. The molecule has 1 aliphatic heterocycles. The summed E-state index contributed by atoms with van der Waals surface area (Å²) in [6, 6.07) is 14.0. The fourth-order valence-electron chi connectivity index (χ4n) is 3.64. The molecule has 2 amide bonds. The van der Waals surface area contributed by atoms with Gasteiger partial charge in [-0.25, -0.2) is 0 Å². The van der Waals surface area contributed by atoms with Crippen LogP contribution in [0.25, 0.3) is 0 Å². The van der Waals surface area contributed by atoms with Crippen molar-refractivity contribution >= 4 is 35.0 Å². The van der Waals surface area contributed by atoms with E-state index in [1.807, 2.05) is 0 Å². The Morgan fingerprint density at radius 1 is 1.11 bits per heavy atom. The van der Waals surface area contributed by atoms with Crippen LogP contribution in [0.15, 0.2) is 48.5 Å². The van der Waals surface area contributed by atoms with Crippen LogP contribution in [0.3, 0.4) is 0 Å². The zero-order chi connectivity index (χ0) is 20.1. The Bertz CT molecular complexity index is 857. The number of halogens is 2. The van der Waals surface area contributed by atoms with Gasteiger partial charge in [-0.3, -0.25) is 9.59 Å². The lowest BCUT2D eigenvalue weighted by molar-refractivity contribution is -0.122. The number of primary amides is 1. The average Bonchev–Trinajstić information content (AvgIpc) is 2.67. The van der Waals surface area contributed by atoms with Crippen LogP contribution in [0.5, 0.6) is 5.75 Å². The van der Waals surface area contributed by atoms with Gasteiger partial charge in [0.1, 0.15) is 5.75 Å². The predicted molar refractivity (Wildman–Crippen MR) is 110 cm³/mol. The van der Waals surface area contributed by atoms with E-state index in [4.69, 9.17) is 33.7 Å². The molecule has 3 rings (SSSR count). The normalized spacial score (nSPS) is 19.3. The Hall–Kier alpha value is -2.24. The number of hydrogen-bond donors (Lipinski definition) is 1. The van der Waals surface area contributed by atoms with Crippen LogP contribution in [-0.2, 0) is 4.79 Å². The van der Waals surface area contributed by atoms with Crippen molar-refractivity contribution in [2.24, 2.45) is 11.1 Å². The number of rotatable bonds is 6. The molecule has 2 aromatic rings. The number of carbonyl (C=O) groups excluding carboxylic acids is 2. The highest BCUT2D eigenvalue weighted by atomic mass is 35.5. The summed E-state index contributed by atoms with van der Waals surface area (Å²) in [7, 11) is 0. The first-order valence-corrected chi connectivity index (χ1v) is 9.85. The number of nitrogens with zero attached hydrogens (tertiary/aromatic N) is 1. The van der Waals surface area contributed by atoms with E-state index in [2.05, 4.69) is 0 Å². The molecule has 1 saturated heterocycles. The Balaban J connectivity index is 1.77. The van der Waals surface area contributed by atoms with Gasteiger partial charge < -0.3 is 15.4 Å². The Morgan fingerprint density at radius 2 is 1.82 bits per heavy atom. The number of amides is 2. The summed E-state index contributed by atoms with van der Waals surface area (Å²) in [4.78, 5) is 26.5. The minimum Gasteiger partial charge on any atom is -0.493 e. The van der Waals surface area contributed by atoms with Gasteiger partial charge in [-0.2, -0.15) is 0 Å². The molecule has 1 heterocycles. The lowest BCUT2D eigenvalue weighted by atomic mass is 9.77. The minimum absolute atomic E-state index is 0.146. The highest BCUT2D eigenvalue weighted by Gasteiger charge is 2.40. The van der Waals surface area contributed by atoms with Crippen LogP contribution < -0.4 is 10.5 Å². The van der Waals surface area contributed by atoms with E-state index in [0.29, 0.717) is 34.4 Å². The van der Waals surface area contributed by atoms with Gasteiger partial charge in [-0.1, -0.05) is 35.3 Å².